The molecule has 0 atom stereocenters. The fourth-order valence-electron chi connectivity index (χ4n) is 4.64. The van der Waals surface area contributed by atoms with E-state index in [4.69, 9.17) is 4.98 Å². The van der Waals surface area contributed by atoms with Gasteiger partial charge in [-0.2, -0.15) is 0 Å². The van der Waals surface area contributed by atoms with Crippen molar-refractivity contribution in [3.05, 3.63) is 84.2 Å². The minimum absolute atomic E-state index is 0.0517. The van der Waals surface area contributed by atoms with Crippen molar-refractivity contribution in [1.82, 2.24) is 4.98 Å². The van der Waals surface area contributed by atoms with E-state index in [1.165, 1.54) is 49.3 Å². The molecule has 148 valence electrons. The summed E-state index contributed by atoms with van der Waals surface area (Å²) in [7, 11) is 2.10. The summed E-state index contributed by atoms with van der Waals surface area (Å²) < 4.78 is 2.17. The number of hydrogen-bond acceptors (Lipinski definition) is 1. The average molecular weight is 392 g/mol. The molecule has 0 radical (unpaired) electrons. The summed E-state index contributed by atoms with van der Waals surface area (Å²) in [6.45, 7) is 9.14. The second-order valence-electron chi connectivity index (χ2n) is 9.31. The molecule has 5 aromatic rings. The number of rotatable bonds is 1. The number of nitrogens with zero attached hydrogens (tertiary/aromatic N) is 2. The molecule has 0 N–H and O–H groups in total. The van der Waals surface area contributed by atoms with Gasteiger partial charge in [0.25, 0.3) is 6.33 Å². The highest BCUT2D eigenvalue weighted by atomic mass is 15.0. The third-order valence-corrected chi connectivity index (χ3v) is 6.22. The second-order valence-corrected chi connectivity index (χ2v) is 9.31. The first-order valence-corrected chi connectivity index (χ1v) is 10.5. The van der Waals surface area contributed by atoms with E-state index in [0.29, 0.717) is 0 Å². The largest absolute Gasteiger partial charge is 0.287 e. The first-order chi connectivity index (χ1) is 14.3. The molecule has 30 heavy (non-hydrogen) atoms. The van der Waals surface area contributed by atoms with Crippen LogP contribution in [0.15, 0.2) is 73.1 Å². The van der Waals surface area contributed by atoms with Gasteiger partial charge in [-0.1, -0.05) is 69.3 Å². The van der Waals surface area contributed by atoms with Gasteiger partial charge in [-0.05, 0) is 68.2 Å². The molecule has 5 rings (SSSR count). The third kappa shape index (κ3) is 2.87. The van der Waals surface area contributed by atoms with Crippen LogP contribution in [0, 0.1) is 6.92 Å². The zero-order valence-electron chi connectivity index (χ0n) is 18.3. The molecule has 0 saturated carbocycles. The summed E-state index contributed by atoms with van der Waals surface area (Å²) in [6.07, 6.45) is 1.94. The molecule has 2 heteroatoms. The van der Waals surface area contributed by atoms with Crippen molar-refractivity contribution in [3.8, 4) is 11.3 Å². The Hall–Kier alpha value is -3.26. The van der Waals surface area contributed by atoms with Crippen LogP contribution in [-0.2, 0) is 12.5 Å². The van der Waals surface area contributed by atoms with E-state index in [1.54, 1.807) is 0 Å². The van der Waals surface area contributed by atoms with Gasteiger partial charge >= 0.3 is 0 Å². The molecule has 0 unspecified atom stereocenters. The molecule has 1 aromatic heterocycles. The van der Waals surface area contributed by atoms with Crippen molar-refractivity contribution in [2.24, 2.45) is 7.05 Å². The van der Waals surface area contributed by atoms with Crippen LogP contribution in [0.5, 0.6) is 0 Å². The van der Waals surface area contributed by atoms with Gasteiger partial charge in [0.1, 0.15) is 5.69 Å². The minimum atomic E-state index is 0.0517. The zero-order valence-corrected chi connectivity index (χ0v) is 18.3. The Labute approximate surface area is 177 Å². The summed E-state index contributed by atoms with van der Waals surface area (Å²) in [5.41, 5.74) is 6.28. The molecule has 0 fully saturated rings. The van der Waals surface area contributed by atoms with Gasteiger partial charge in [0, 0.05) is 5.56 Å². The number of aryl methyl sites for hydroxylation is 2. The SMILES string of the molecule is Cc1c(-c2c3cc4ccccc4cc3nc[n+]2C)cc(C(C)(C)C)c2ccccc12. The van der Waals surface area contributed by atoms with Gasteiger partial charge in [-0.3, -0.25) is 0 Å². The number of fused-ring (bicyclic) bond motifs is 3. The monoisotopic (exact) mass is 391 g/mol. The topological polar surface area (TPSA) is 16.8 Å². The van der Waals surface area contributed by atoms with Gasteiger partial charge < -0.3 is 0 Å². The van der Waals surface area contributed by atoms with Crippen LogP contribution < -0.4 is 4.57 Å². The lowest BCUT2D eigenvalue weighted by molar-refractivity contribution is -0.662. The molecular formula is C28H27N2+. The van der Waals surface area contributed by atoms with Gasteiger partial charge in [-0.25, -0.2) is 4.57 Å². The van der Waals surface area contributed by atoms with E-state index in [2.05, 4.69) is 106 Å². The highest BCUT2D eigenvalue weighted by Gasteiger charge is 2.24. The minimum Gasteiger partial charge on any atom is -0.232 e. The van der Waals surface area contributed by atoms with E-state index in [0.717, 1.165) is 5.52 Å². The van der Waals surface area contributed by atoms with Gasteiger partial charge in [-0.15, -0.1) is 0 Å². The fraction of sp³-hybridized carbons (Fsp3) is 0.214. The zero-order chi connectivity index (χ0) is 21.0. The molecule has 1 heterocycles. The Morgan fingerprint density at radius 1 is 0.767 bits per heavy atom. The molecule has 0 bridgehead atoms. The lowest BCUT2D eigenvalue weighted by Gasteiger charge is -2.24. The maximum Gasteiger partial charge on any atom is 0.287 e. The van der Waals surface area contributed by atoms with Crippen LogP contribution in [0.2, 0.25) is 0 Å². The van der Waals surface area contributed by atoms with E-state index in [1.807, 2.05) is 6.33 Å². The molecule has 2 nitrogen and oxygen atoms in total. The molecule has 0 spiro atoms. The van der Waals surface area contributed by atoms with E-state index < -0.39 is 0 Å². The normalized spacial score (nSPS) is 12.2. The van der Waals surface area contributed by atoms with Crippen molar-refractivity contribution >= 4 is 32.4 Å². The van der Waals surface area contributed by atoms with E-state index >= 15 is 0 Å². The van der Waals surface area contributed by atoms with Crippen LogP contribution in [0.3, 0.4) is 0 Å². The lowest BCUT2D eigenvalue weighted by Crippen LogP contribution is -2.32. The summed E-state index contributed by atoms with van der Waals surface area (Å²) in [5, 5.41) is 6.33. The molecule has 4 aromatic carbocycles. The number of hydrogen-bond donors (Lipinski definition) is 0. The first-order valence-electron chi connectivity index (χ1n) is 10.5. The maximum atomic E-state index is 4.74. The Morgan fingerprint density at radius 2 is 1.40 bits per heavy atom. The Morgan fingerprint density at radius 3 is 2.10 bits per heavy atom. The molecular weight excluding hydrogens is 364 g/mol. The summed E-state index contributed by atoms with van der Waals surface area (Å²) in [5.74, 6) is 0. The molecule has 0 amide bonds. The predicted octanol–water partition coefficient (Wildman–Crippen LogP) is 6.64. The predicted molar refractivity (Wildman–Crippen MR) is 127 cm³/mol. The van der Waals surface area contributed by atoms with Crippen molar-refractivity contribution < 1.29 is 4.57 Å². The van der Waals surface area contributed by atoms with Crippen LogP contribution in [-0.4, -0.2) is 4.98 Å². The highest BCUT2D eigenvalue weighted by Crippen LogP contribution is 2.38. The standard InChI is InChI=1S/C28H27N2/c1-18-21-12-8-9-13-22(21)25(28(2,3)4)16-23(18)27-24-14-19-10-6-7-11-20(19)15-26(24)29-17-30(27)5/h6-17H,1-5H3/q+1. The van der Waals surface area contributed by atoms with Gasteiger partial charge in [0.05, 0.1) is 12.4 Å². The quantitative estimate of drug-likeness (QED) is 0.231. The Kier molecular flexibility index (Phi) is 4.14. The second kappa shape index (κ2) is 6.63. The van der Waals surface area contributed by atoms with Crippen LogP contribution >= 0.6 is 0 Å². The van der Waals surface area contributed by atoms with Crippen LogP contribution in [0.25, 0.3) is 43.7 Å². The fourth-order valence-corrected chi connectivity index (χ4v) is 4.64. The smallest absolute Gasteiger partial charge is 0.232 e. The van der Waals surface area contributed by atoms with Crippen LogP contribution in [0.4, 0.5) is 0 Å². The van der Waals surface area contributed by atoms with Crippen molar-refractivity contribution in [3.63, 3.8) is 0 Å². The van der Waals surface area contributed by atoms with Gasteiger partial charge in [0.15, 0.2) is 5.52 Å². The van der Waals surface area contributed by atoms with E-state index in [-0.39, 0.29) is 5.41 Å². The average Bonchev–Trinajstić information content (AvgIpc) is 2.72. The highest BCUT2D eigenvalue weighted by molar-refractivity contribution is 6.03. The molecule has 0 aliphatic rings. The Bertz CT molecular complexity index is 1440. The van der Waals surface area contributed by atoms with Crippen molar-refractivity contribution in [1.29, 1.82) is 0 Å². The van der Waals surface area contributed by atoms with Gasteiger partial charge in [0.2, 0.25) is 0 Å². The molecule has 0 aliphatic heterocycles. The molecule has 0 saturated heterocycles. The van der Waals surface area contributed by atoms with E-state index in [9.17, 15) is 0 Å². The first kappa shape index (κ1) is 18.7. The van der Waals surface area contributed by atoms with Crippen molar-refractivity contribution in [2.45, 2.75) is 33.1 Å². The van der Waals surface area contributed by atoms with Crippen molar-refractivity contribution in [2.75, 3.05) is 0 Å². The van der Waals surface area contributed by atoms with Crippen LogP contribution in [0.1, 0.15) is 31.9 Å². The Balaban J connectivity index is 1.94. The summed E-state index contributed by atoms with van der Waals surface area (Å²) >= 11 is 0. The third-order valence-electron chi connectivity index (χ3n) is 6.22. The lowest BCUT2D eigenvalue weighted by atomic mass is 9.80. The number of aromatic nitrogens is 2. The number of benzene rings is 4. The molecule has 0 aliphatic carbocycles. The summed E-state index contributed by atoms with van der Waals surface area (Å²) in [4.78, 5) is 4.74. The summed E-state index contributed by atoms with van der Waals surface area (Å²) in [6, 6.07) is 24.2. The maximum absolute atomic E-state index is 4.74.